The van der Waals surface area contributed by atoms with Crippen molar-refractivity contribution in [3.05, 3.63) is 88.7 Å². The van der Waals surface area contributed by atoms with Crippen molar-refractivity contribution in [2.24, 2.45) is 4.99 Å². The third kappa shape index (κ3) is 5.48. The lowest BCUT2D eigenvalue weighted by molar-refractivity contribution is -0.110. The minimum atomic E-state index is -0.982. The van der Waals surface area contributed by atoms with Crippen LogP contribution in [0.25, 0.3) is 28.0 Å². The SMILES string of the molecule is C=CC(=NC)C(=O)Nc1ccc(C)c(-c2nc(NC(CO)CO)nc3c2ccc(=O)n3-c2c(F)cccc2F)c1. The Kier molecular flexibility index (Phi) is 8.41. The van der Waals surface area contributed by atoms with E-state index in [0.717, 1.165) is 22.8 Å². The number of hydrogen-bond donors (Lipinski definition) is 4. The first-order valence-electron chi connectivity index (χ1n) is 12.1. The smallest absolute Gasteiger partial charge is 0.273 e. The summed E-state index contributed by atoms with van der Waals surface area (Å²) in [5.41, 5.74) is 0.500. The number of aliphatic hydroxyl groups is 2. The van der Waals surface area contributed by atoms with E-state index < -0.39 is 48.0 Å². The summed E-state index contributed by atoms with van der Waals surface area (Å²) in [5, 5.41) is 25.0. The van der Waals surface area contributed by atoms with Gasteiger partial charge in [-0.05, 0) is 48.9 Å². The van der Waals surface area contributed by atoms with Crippen molar-refractivity contribution in [1.82, 2.24) is 14.5 Å². The van der Waals surface area contributed by atoms with Crippen LogP contribution in [0.2, 0.25) is 0 Å². The summed E-state index contributed by atoms with van der Waals surface area (Å²) < 4.78 is 30.5. The van der Waals surface area contributed by atoms with E-state index in [2.05, 4.69) is 32.2 Å². The van der Waals surface area contributed by atoms with E-state index in [0.29, 0.717) is 16.8 Å². The van der Waals surface area contributed by atoms with Crippen molar-refractivity contribution in [3.8, 4) is 16.9 Å². The summed E-state index contributed by atoms with van der Waals surface area (Å²) >= 11 is 0. The zero-order valence-corrected chi connectivity index (χ0v) is 21.7. The number of aliphatic hydroxyl groups excluding tert-OH is 2. The Labute approximate surface area is 227 Å². The molecule has 10 nitrogen and oxygen atoms in total. The fourth-order valence-electron chi connectivity index (χ4n) is 4.07. The van der Waals surface area contributed by atoms with Gasteiger partial charge in [0.25, 0.3) is 11.5 Å². The second kappa shape index (κ2) is 11.9. The highest BCUT2D eigenvalue weighted by Gasteiger charge is 2.21. The quantitative estimate of drug-likeness (QED) is 0.236. The van der Waals surface area contributed by atoms with E-state index in [1.54, 1.807) is 25.1 Å². The summed E-state index contributed by atoms with van der Waals surface area (Å²) in [6, 6.07) is 9.99. The molecule has 0 bridgehead atoms. The molecule has 4 aromatic rings. The number of rotatable bonds is 9. The number of nitrogens with one attached hydrogen (secondary N) is 2. The van der Waals surface area contributed by atoms with Crippen LogP contribution in [-0.4, -0.2) is 62.7 Å². The highest BCUT2D eigenvalue weighted by Crippen LogP contribution is 2.32. The molecule has 2 aromatic heterocycles. The van der Waals surface area contributed by atoms with Crippen molar-refractivity contribution < 1.29 is 23.8 Å². The predicted molar refractivity (Wildman–Crippen MR) is 149 cm³/mol. The third-order valence-electron chi connectivity index (χ3n) is 6.10. The van der Waals surface area contributed by atoms with Crippen LogP contribution in [0, 0.1) is 18.6 Å². The van der Waals surface area contributed by atoms with Crippen LogP contribution in [-0.2, 0) is 4.79 Å². The molecule has 2 heterocycles. The number of nitrogens with zero attached hydrogens (tertiary/aromatic N) is 4. The molecule has 12 heteroatoms. The van der Waals surface area contributed by atoms with Crippen LogP contribution in [0.5, 0.6) is 0 Å². The first-order chi connectivity index (χ1) is 19.2. The third-order valence-corrected chi connectivity index (χ3v) is 6.10. The normalized spacial score (nSPS) is 11.6. The summed E-state index contributed by atoms with van der Waals surface area (Å²) in [4.78, 5) is 38.4. The summed E-state index contributed by atoms with van der Waals surface area (Å²) in [7, 11) is 1.46. The molecule has 2 aromatic carbocycles. The first kappa shape index (κ1) is 28.2. The fraction of sp³-hybridized carbons (Fsp3) is 0.179. The second-order valence-corrected chi connectivity index (χ2v) is 8.71. The molecular weight excluding hydrogens is 522 g/mol. The van der Waals surface area contributed by atoms with E-state index in [-0.39, 0.29) is 28.4 Å². The number of carbonyl (C=O) groups is 1. The highest BCUT2D eigenvalue weighted by atomic mass is 19.1. The Hall–Kier alpha value is -4.81. The van der Waals surface area contributed by atoms with Gasteiger partial charge in [0, 0.05) is 29.8 Å². The van der Waals surface area contributed by atoms with Gasteiger partial charge in [-0.15, -0.1) is 0 Å². The lowest BCUT2D eigenvalue weighted by Gasteiger charge is -2.18. The molecule has 0 radical (unpaired) electrons. The Morgan fingerprint density at radius 3 is 2.45 bits per heavy atom. The number of aromatic nitrogens is 3. The van der Waals surface area contributed by atoms with Gasteiger partial charge >= 0.3 is 0 Å². The highest BCUT2D eigenvalue weighted by molar-refractivity contribution is 6.47. The van der Waals surface area contributed by atoms with Gasteiger partial charge in [0.2, 0.25) is 5.95 Å². The molecule has 0 saturated carbocycles. The maximum atomic E-state index is 14.9. The lowest BCUT2D eigenvalue weighted by Crippen LogP contribution is -2.29. The van der Waals surface area contributed by atoms with Crippen molar-refractivity contribution in [1.29, 1.82) is 0 Å². The molecule has 4 rings (SSSR count). The van der Waals surface area contributed by atoms with Gasteiger partial charge in [0.15, 0.2) is 5.65 Å². The number of halogens is 2. The van der Waals surface area contributed by atoms with Crippen molar-refractivity contribution in [3.63, 3.8) is 0 Å². The Morgan fingerprint density at radius 2 is 1.82 bits per heavy atom. The van der Waals surface area contributed by atoms with Gasteiger partial charge in [-0.1, -0.05) is 18.7 Å². The maximum Gasteiger partial charge on any atom is 0.273 e. The molecule has 1 amide bonds. The molecule has 0 aliphatic rings. The topological polar surface area (TPSA) is 142 Å². The van der Waals surface area contributed by atoms with Gasteiger partial charge < -0.3 is 20.8 Å². The number of carbonyl (C=O) groups excluding carboxylic acids is 1. The van der Waals surface area contributed by atoms with Crippen LogP contribution in [0.15, 0.2) is 71.0 Å². The average Bonchev–Trinajstić information content (AvgIpc) is 2.94. The lowest BCUT2D eigenvalue weighted by atomic mass is 10.0. The number of benzene rings is 2. The van der Waals surface area contributed by atoms with Crippen LogP contribution in [0.3, 0.4) is 0 Å². The van der Waals surface area contributed by atoms with Crippen LogP contribution in [0.1, 0.15) is 5.56 Å². The van der Waals surface area contributed by atoms with E-state index in [9.17, 15) is 28.6 Å². The molecular formula is C28H26F2N6O4. The summed E-state index contributed by atoms with van der Waals surface area (Å²) in [5.74, 6) is -2.57. The van der Waals surface area contributed by atoms with E-state index in [1.165, 1.54) is 25.3 Å². The maximum absolute atomic E-state index is 14.9. The number of para-hydroxylation sites is 1. The van der Waals surface area contributed by atoms with Crippen LogP contribution in [0.4, 0.5) is 20.4 Å². The molecule has 4 N–H and O–H groups in total. The molecule has 0 saturated heterocycles. The second-order valence-electron chi connectivity index (χ2n) is 8.71. The molecule has 0 atom stereocenters. The number of aliphatic imine (C=N–C) groups is 1. The van der Waals surface area contributed by atoms with E-state index in [1.807, 2.05) is 0 Å². The van der Waals surface area contributed by atoms with Crippen molar-refractivity contribution in [2.45, 2.75) is 13.0 Å². The van der Waals surface area contributed by atoms with E-state index >= 15 is 0 Å². The van der Waals surface area contributed by atoms with Crippen molar-refractivity contribution >= 4 is 34.3 Å². The monoisotopic (exact) mass is 548 g/mol. The number of amides is 1. The van der Waals surface area contributed by atoms with Gasteiger partial charge in [-0.2, -0.15) is 4.98 Å². The zero-order valence-electron chi connectivity index (χ0n) is 21.7. The number of fused-ring (bicyclic) bond motifs is 1. The molecule has 0 unspecified atom stereocenters. The summed E-state index contributed by atoms with van der Waals surface area (Å²) in [6.45, 7) is 4.43. The number of hydrogen-bond acceptors (Lipinski definition) is 8. The van der Waals surface area contributed by atoms with Gasteiger partial charge in [0.05, 0.1) is 24.9 Å². The minimum absolute atomic E-state index is 0.118. The predicted octanol–water partition coefficient (Wildman–Crippen LogP) is 2.99. The van der Waals surface area contributed by atoms with Crippen LogP contribution >= 0.6 is 0 Å². The molecule has 0 spiro atoms. The van der Waals surface area contributed by atoms with Gasteiger partial charge in [0.1, 0.15) is 23.0 Å². The van der Waals surface area contributed by atoms with Gasteiger partial charge in [-0.25, -0.2) is 13.8 Å². The fourth-order valence-corrected chi connectivity index (χ4v) is 4.07. The van der Waals surface area contributed by atoms with Crippen LogP contribution < -0.4 is 16.2 Å². The number of anilines is 2. The average molecular weight is 549 g/mol. The standard InChI is InChI=1S/C28H26F2N6O4/c1-4-22(31-3)27(40)32-16-9-8-15(2)19(12-16)24-18-10-11-23(39)36(25-20(29)6-5-7-21(25)30)26(18)35-28(34-24)33-17(13-37)14-38/h4-12,17,37-38H,1,13-14H2,2-3H3,(H,32,40)(H,33,34,35). The molecule has 206 valence electrons. The molecule has 0 aliphatic carbocycles. The summed E-state index contributed by atoms with van der Waals surface area (Å²) in [6.07, 6.45) is 1.32. The first-order valence-corrected chi connectivity index (χ1v) is 12.1. The Bertz CT molecular complexity index is 1680. The van der Waals surface area contributed by atoms with Crippen molar-refractivity contribution in [2.75, 3.05) is 30.9 Å². The minimum Gasteiger partial charge on any atom is -0.394 e. The van der Waals surface area contributed by atoms with Gasteiger partial charge in [-0.3, -0.25) is 19.1 Å². The van der Waals surface area contributed by atoms with E-state index in [4.69, 9.17) is 0 Å². The molecule has 0 aliphatic heterocycles. The Balaban J connectivity index is 2.02. The molecule has 40 heavy (non-hydrogen) atoms. The number of aryl methyl sites for hydroxylation is 1. The molecule has 0 fully saturated rings. The number of pyridine rings is 1. The Morgan fingerprint density at radius 1 is 1.12 bits per heavy atom. The largest absolute Gasteiger partial charge is 0.394 e. The zero-order chi connectivity index (χ0) is 29.0.